The predicted octanol–water partition coefficient (Wildman–Crippen LogP) is 2.57. The number of rotatable bonds is 7. The van der Waals surface area contributed by atoms with Gasteiger partial charge in [0.2, 0.25) is 0 Å². The molecule has 0 aliphatic heterocycles. The summed E-state index contributed by atoms with van der Waals surface area (Å²) >= 11 is 4.35. The number of nitrogens with zero attached hydrogens (tertiary/aromatic N) is 2. The Morgan fingerprint density at radius 3 is 2.57 bits per heavy atom. The second kappa shape index (κ2) is 8.14. The van der Waals surface area contributed by atoms with Crippen LogP contribution in [0, 0.1) is 17.2 Å². The molecule has 0 aromatic rings. The van der Waals surface area contributed by atoms with Crippen LogP contribution in [0.3, 0.4) is 0 Å². The summed E-state index contributed by atoms with van der Waals surface area (Å²) in [6, 6.07) is 2.57. The average molecular weight is 214 g/mol. The van der Waals surface area contributed by atoms with Crippen molar-refractivity contribution in [3.8, 4) is 6.07 Å². The molecule has 0 aromatic carbocycles. The Labute approximate surface area is 93.7 Å². The molecule has 3 heteroatoms. The highest BCUT2D eigenvalue weighted by molar-refractivity contribution is 7.80. The van der Waals surface area contributed by atoms with E-state index in [2.05, 4.69) is 44.5 Å². The lowest BCUT2D eigenvalue weighted by Crippen LogP contribution is -2.34. The molecule has 2 atom stereocenters. The van der Waals surface area contributed by atoms with Gasteiger partial charge in [0.15, 0.2) is 0 Å². The van der Waals surface area contributed by atoms with Crippen molar-refractivity contribution >= 4 is 12.6 Å². The smallest absolute Gasteiger partial charge is 0.0638 e. The van der Waals surface area contributed by atoms with Crippen LogP contribution in [0.2, 0.25) is 0 Å². The van der Waals surface area contributed by atoms with E-state index >= 15 is 0 Å². The molecular formula is C11H22N2S. The van der Waals surface area contributed by atoms with Crippen LogP contribution >= 0.6 is 12.6 Å². The molecule has 0 heterocycles. The van der Waals surface area contributed by atoms with E-state index in [4.69, 9.17) is 5.26 Å². The summed E-state index contributed by atoms with van der Waals surface area (Å²) in [6.45, 7) is 5.36. The fraction of sp³-hybridized carbons (Fsp3) is 0.909. The van der Waals surface area contributed by atoms with E-state index in [0.717, 1.165) is 12.3 Å². The third-order valence-electron chi connectivity index (χ3n) is 2.64. The van der Waals surface area contributed by atoms with Crippen LogP contribution in [0.5, 0.6) is 0 Å². The van der Waals surface area contributed by atoms with Gasteiger partial charge in [-0.1, -0.05) is 13.3 Å². The Morgan fingerprint density at radius 2 is 2.14 bits per heavy atom. The van der Waals surface area contributed by atoms with Crippen LogP contribution in [-0.4, -0.2) is 30.3 Å². The monoisotopic (exact) mass is 214 g/mol. The molecule has 0 spiro atoms. The molecule has 0 N–H and O–H groups in total. The predicted molar refractivity (Wildman–Crippen MR) is 64.6 cm³/mol. The minimum absolute atomic E-state index is 0.360. The zero-order valence-corrected chi connectivity index (χ0v) is 10.4. The topological polar surface area (TPSA) is 27.0 Å². The average Bonchev–Trinajstić information content (AvgIpc) is 2.17. The summed E-state index contributed by atoms with van der Waals surface area (Å²) in [5, 5.41) is 8.59. The minimum atomic E-state index is 0.360. The fourth-order valence-electron chi connectivity index (χ4n) is 1.52. The van der Waals surface area contributed by atoms with Crippen molar-refractivity contribution in [1.82, 2.24) is 4.90 Å². The Balaban J connectivity index is 3.89. The standard InChI is InChI=1S/C11H22N2S/c1-4-5-11(9-14)8-13(3)10(2)6-7-12/h10-11,14H,4-6,8-9H2,1-3H3. The Kier molecular flexibility index (Phi) is 8.02. The van der Waals surface area contributed by atoms with E-state index in [1.807, 2.05) is 0 Å². The van der Waals surface area contributed by atoms with Crippen LogP contribution in [0.15, 0.2) is 0 Å². The van der Waals surface area contributed by atoms with Gasteiger partial charge in [0, 0.05) is 12.6 Å². The van der Waals surface area contributed by atoms with Crippen LogP contribution in [-0.2, 0) is 0 Å². The molecule has 0 aromatic heterocycles. The lowest BCUT2D eigenvalue weighted by atomic mass is 10.0. The normalized spacial score (nSPS) is 15.1. The van der Waals surface area contributed by atoms with E-state index in [9.17, 15) is 0 Å². The Hall–Kier alpha value is -0.200. The molecule has 0 saturated carbocycles. The number of hydrogen-bond donors (Lipinski definition) is 1. The van der Waals surface area contributed by atoms with Crippen molar-refractivity contribution in [2.75, 3.05) is 19.3 Å². The van der Waals surface area contributed by atoms with Crippen molar-refractivity contribution in [2.24, 2.45) is 5.92 Å². The summed E-state index contributed by atoms with van der Waals surface area (Å²) in [7, 11) is 2.09. The molecule has 0 fully saturated rings. The Bertz CT molecular complexity index is 177. The minimum Gasteiger partial charge on any atom is -0.302 e. The first-order valence-corrected chi connectivity index (χ1v) is 5.96. The maximum atomic E-state index is 8.59. The van der Waals surface area contributed by atoms with Gasteiger partial charge in [0.25, 0.3) is 0 Å². The number of nitriles is 1. The zero-order chi connectivity index (χ0) is 11.0. The van der Waals surface area contributed by atoms with Gasteiger partial charge in [-0.3, -0.25) is 0 Å². The molecule has 0 rings (SSSR count). The van der Waals surface area contributed by atoms with Gasteiger partial charge in [-0.15, -0.1) is 0 Å². The summed E-state index contributed by atoms with van der Waals surface area (Å²) < 4.78 is 0. The van der Waals surface area contributed by atoms with Crippen LogP contribution < -0.4 is 0 Å². The van der Waals surface area contributed by atoms with Gasteiger partial charge in [0.1, 0.15) is 0 Å². The molecule has 14 heavy (non-hydrogen) atoms. The van der Waals surface area contributed by atoms with E-state index in [-0.39, 0.29) is 0 Å². The molecule has 0 bridgehead atoms. The highest BCUT2D eigenvalue weighted by Gasteiger charge is 2.13. The SMILES string of the molecule is CCCC(CS)CN(C)C(C)CC#N. The first-order chi connectivity index (χ1) is 6.65. The summed E-state index contributed by atoms with van der Waals surface area (Å²) in [4.78, 5) is 2.26. The first-order valence-electron chi connectivity index (χ1n) is 5.33. The van der Waals surface area contributed by atoms with Crippen molar-refractivity contribution in [3.05, 3.63) is 0 Å². The first kappa shape index (κ1) is 13.8. The van der Waals surface area contributed by atoms with E-state index in [1.54, 1.807) is 0 Å². The molecule has 0 radical (unpaired) electrons. The molecule has 0 saturated heterocycles. The quantitative estimate of drug-likeness (QED) is 0.659. The highest BCUT2D eigenvalue weighted by atomic mass is 32.1. The number of thiol groups is 1. The Morgan fingerprint density at radius 1 is 1.50 bits per heavy atom. The molecule has 0 amide bonds. The van der Waals surface area contributed by atoms with Gasteiger partial charge in [-0.25, -0.2) is 0 Å². The van der Waals surface area contributed by atoms with Crippen LogP contribution in [0.1, 0.15) is 33.1 Å². The van der Waals surface area contributed by atoms with Gasteiger partial charge >= 0.3 is 0 Å². The maximum absolute atomic E-state index is 8.59. The molecule has 82 valence electrons. The molecule has 2 nitrogen and oxygen atoms in total. The fourth-order valence-corrected chi connectivity index (χ4v) is 1.82. The van der Waals surface area contributed by atoms with E-state index in [0.29, 0.717) is 18.4 Å². The lowest BCUT2D eigenvalue weighted by molar-refractivity contribution is 0.223. The summed E-state index contributed by atoms with van der Waals surface area (Å²) in [5.74, 6) is 1.60. The largest absolute Gasteiger partial charge is 0.302 e. The van der Waals surface area contributed by atoms with Crippen LogP contribution in [0.4, 0.5) is 0 Å². The van der Waals surface area contributed by atoms with Gasteiger partial charge in [-0.05, 0) is 32.1 Å². The third kappa shape index (κ3) is 5.51. The maximum Gasteiger partial charge on any atom is 0.0638 e. The van der Waals surface area contributed by atoms with Crippen molar-refractivity contribution < 1.29 is 0 Å². The summed E-state index contributed by atoms with van der Waals surface area (Å²) in [5.41, 5.74) is 0. The molecular weight excluding hydrogens is 192 g/mol. The molecule has 2 unspecified atom stereocenters. The van der Waals surface area contributed by atoms with E-state index < -0.39 is 0 Å². The van der Waals surface area contributed by atoms with Gasteiger partial charge < -0.3 is 4.90 Å². The molecule has 0 aliphatic carbocycles. The van der Waals surface area contributed by atoms with Crippen molar-refractivity contribution in [1.29, 1.82) is 5.26 Å². The summed E-state index contributed by atoms with van der Waals surface area (Å²) in [6.07, 6.45) is 3.06. The van der Waals surface area contributed by atoms with Crippen LogP contribution in [0.25, 0.3) is 0 Å². The lowest BCUT2D eigenvalue weighted by Gasteiger charge is -2.26. The second-order valence-electron chi connectivity index (χ2n) is 3.99. The third-order valence-corrected chi connectivity index (χ3v) is 3.16. The molecule has 0 aliphatic rings. The highest BCUT2D eigenvalue weighted by Crippen LogP contribution is 2.12. The van der Waals surface area contributed by atoms with Gasteiger partial charge in [-0.2, -0.15) is 17.9 Å². The van der Waals surface area contributed by atoms with Crippen molar-refractivity contribution in [3.63, 3.8) is 0 Å². The second-order valence-corrected chi connectivity index (χ2v) is 4.35. The van der Waals surface area contributed by atoms with Crippen molar-refractivity contribution in [2.45, 2.75) is 39.2 Å². The zero-order valence-electron chi connectivity index (χ0n) is 9.53. The number of hydrogen-bond acceptors (Lipinski definition) is 3. The van der Waals surface area contributed by atoms with E-state index in [1.165, 1.54) is 12.8 Å². The van der Waals surface area contributed by atoms with Gasteiger partial charge in [0.05, 0.1) is 12.5 Å².